The molecule has 1 aromatic rings. The number of hydrogen-bond donors (Lipinski definition) is 0. The molecule has 0 atom stereocenters. The normalized spacial score (nSPS) is 13.0. The number of phosphoric acid groups is 1. The minimum atomic E-state index is -3.67. The lowest BCUT2D eigenvalue weighted by molar-refractivity contribution is 0.0734. The van der Waals surface area contributed by atoms with Gasteiger partial charge in [-0.1, -0.05) is 30.3 Å². The zero-order chi connectivity index (χ0) is 16.6. The molecule has 1 aromatic carbocycles. The topological polar surface area (TPSA) is 54.0 Å². The molecule has 0 aliphatic carbocycles. The highest BCUT2D eigenvalue weighted by molar-refractivity contribution is 7.48. The molecule has 0 aliphatic heterocycles. The van der Waals surface area contributed by atoms with E-state index in [1.165, 1.54) is 6.26 Å². The average Bonchev–Trinajstić information content (AvgIpc) is 2.44. The molecule has 0 bridgehead atoms. The zero-order valence-corrected chi connectivity index (χ0v) is 14.8. The van der Waals surface area contributed by atoms with Gasteiger partial charge in [0.1, 0.15) is 6.26 Å². The van der Waals surface area contributed by atoms with Gasteiger partial charge in [-0.05, 0) is 34.6 Å². The Morgan fingerprint density at radius 1 is 1.09 bits per heavy atom. The maximum Gasteiger partial charge on any atom is 0.530 e. The van der Waals surface area contributed by atoms with E-state index < -0.39 is 13.4 Å². The van der Waals surface area contributed by atoms with Gasteiger partial charge in [0.15, 0.2) is 5.76 Å². The van der Waals surface area contributed by atoms with Gasteiger partial charge < -0.3 is 9.26 Å². The zero-order valence-electron chi connectivity index (χ0n) is 13.9. The van der Waals surface area contributed by atoms with Crippen LogP contribution in [0.1, 0.15) is 40.2 Å². The Labute approximate surface area is 132 Å². The van der Waals surface area contributed by atoms with E-state index in [-0.39, 0.29) is 13.2 Å². The average molecular weight is 328 g/mol. The minimum absolute atomic E-state index is 0.222. The molecular weight excluding hydrogens is 303 g/mol. The summed E-state index contributed by atoms with van der Waals surface area (Å²) in [6, 6.07) is 9.27. The molecule has 0 N–H and O–H groups in total. The van der Waals surface area contributed by atoms with Crippen molar-refractivity contribution in [1.82, 2.24) is 0 Å². The first kappa shape index (κ1) is 18.8. The first-order valence-electron chi connectivity index (χ1n) is 7.32. The molecule has 0 saturated carbocycles. The highest BCUT2D eigenvalue weighted by Gasteiger charge is 2.29. The van der Waals surface area contributed by atoms with Gasteiger partial charge in [-0.3, -0.25) is 9.05 Å². The molecular formula is C16H25O5P. The number of phosphoric ester groups is 1. The van der Waals surface area contributed by atoms with E-state index in [0.717, 1.165) is 5.56 Å². The van der Waals surface area contributed by atoms with Gasteiger partial charge in [-0.15, -0.1) is 0 Å². The van der Waals surface area contributed by atoms with Crippen molar-refractivity contribution in [3.8, 4) is 0 Å². The summed E-state index contributed by atoms with van der Waals surface area (Å²) in [6.45, 7) is 9.64. The van der Waals surface area contributed by atoms with Crippen LogP contribution < -0.4 is 0 Å². The fourth-order valence-corrected chi connectivity index (χ4v) is 2.70. The number of rotatable bonds is 8. The van der Waals surface area contributed by atoms with Gasteiger partial charge >= 0.3 is 7.82 Å². The van der Waals surface area contributed by atoms with Crippen LogP contribution >= 0.6 is 7.82 Å². The third-order valence-corrected chi connectivity index (χ3v) is 3.93. The highest BCUT2D eigenvalue weighted by Crippen LogP contribution is 2.52. The van der Waals surface area contributed by atoms with Crippen LogP contribution in [0.15, 0.2) is 36.6 Å². The predicted octanol–water partition coefficient (Wildman–Crippen LogP) is 5.00. The summed E-state index contributed by atoms with van der Waals surface area (Å²) in [5.41, 5.74) is 0.330. The van der Waals surface area contributed by atoms with E-state index >= 15 is 0 Å². The third-order valence-electron chi connectivity index (χ3n) is 2.36. The molecule has 0 saturated heterocycles. The molecule has 0 aromatic heterocycles. The summed E-state index contributed by atoms with van der Waals surface area (Å²) in [6.07, 6.45) is 1.44. The Kier molecular flexibility index (Phi) is 7.14. The van der Waals surface area contributed by atoms with Gasteiger partial charge in [-0.25, -0.2) is 4.57 Å². The lowest BCUT2D eigenvalue weighted by atomic mass is 10.2. The molecule has 0 unspecified atom stereocenters. The van der Waals surface area contributed by atoms with E-state index in [1.807, 2.05) is 51.1 Å². The Hall–Kier alpha value is -1.29. The van der Waals surface area contributed by atoms with Gasteiger partial charge in [0.05, 0.1) is 18.8 Å². The molecule has 0 fully saturated rings. The SMILES string of the molecule is CCOP(=O)(OCC)O/C(=C\OC(C)(C)C)c1ccccc1. The van der Waals surface area contributed by atoms with Crippen LogP contribution in [-0.2, 0) is 22.9 Å². The van der Waals surface area contributed by atoms with E-state index in [0.29, 0.717) is 5.76 Å². The summed E-state index contributed by atoms with van der Waals surface area (Å²) in [5.74, 6) is 0.306. The molecule has 0 radical (unpaired) electrons. The summed E-state index contributed by atoms with van der Waals surface area (Å²) in [7, 11) is -3.67. The molecule has 0 amide bonds. The molecule has 0 heterocycles. The van der Waals surface area contributed by atoms with Crippen molar-refractivity contribution in [2.75, 3.05) is 13.2 Å². The largest absolute Gasteiger partial charge is 0.530 e. The molecule has 0 aliphatic rings. The van der Waals surface area contributed by atoms with Crippen LogP contribution in [0.2, 0.25) is 0 Å². The summed E-state index contributed by atoms with van der Waals surface area (Å²) in [5, 5.41) is 0. The number of hydrogen-bond acceptors (Lipinski definition) is 5. The van der Waals surface area contributed by atoms with Crippen molar-refractivity contribution in [3.63, 3.8) is 0 Å². The van der Waals surface area contributed by atoms with Crippen LogP contribution in [0, 0.1) is 0 Å². The molecule has 6 heteroatoms. The molecule has 22 heavy (non-hydrogen) atoms. The molecule has 5 nitrogen and oxygen atoms in total. The second-order valence-corrected chi connectivity index (χ2v) is 7.05. The second kappa shape index (κ2) is 8.37. The van der Waals surface area contributed by atoms with E-state index in [9.17, 15) is 4.57 Å². The standard InChI is InChI=1S/C16H25O5P/c1-6-19-22(17,20-7-2)21-15(13-18-16(3,4)5)14-11-9-8-10-12-14/h8-13H,6-7H2,1-5H3/b15-13-. The number of benzene rings is 1. The van der Waals surface area contributed by atoms with E-state index in [2.05, 4.69) is 0 Å². The van der Waals surface area contributed by atoms with Crippen LogP contribution in [-0.4, -0.2) is 18.8 Å². The highest BCUT2D eigenvalue weighted by atomic mass is 31.2. The Morgan fingerprint density at radius 2 is 1.64 bits per heavy atom. The van der Waals surface area contributed by atoms with E-state index in [4.69, 9.17) is 18.3 Å². The Bertz CT molecular complexity index is 509. The Morgan fingerprint density at radius 3 is 2.09 bits per heavy atom. The van der Waals surface area contributed by atoms with Crippen molar-refractivity contribution in [1.29, 1.82) is 0 Å². The quantitative estimate of drug-likeness (QED) is 0.496. The van der Waals surface area contributed by atoms with Gasteiger partial charge in [0.2, 0.25) is 0 Å². The monoisotopic (exact) mass is 328 g/mol. The third kappa shape index (κ3) is 6.65. The van der Waals surface area contributed by atoms with Crippen LogP contribution in [0.5, 0.6) is 0 Å². The first-order chi connectivity index (χ1) is 10.3. The van der Waals surface area contributed by atoms with Gasteiger partial charge in [-0.2, -0.15) is 0 Å². The summed E-state index contributed by atoms with van der Waals surface area (Å²) >= 11 is 0. The van der Waals surface area contributed by atoms with Crippen molar-refractivity contribution >= 4 is 13.6 Å². The van der Waals surface area contributed by atoms with Crippen LogP contribution in [0.3, 0.4) is 0 Å². The second-order valence-electron chi connectivity index (χ2n) is 5.45. The number of ether oxygens (including phenoxy) is 1. The lowest BCUT2D eigenvalue weighted by Gasteiger charge is -2.22. The van der Waals surface area contributed by atoms with Crippen molar-refractivity contribution in [2.45, 2.75) is 40.2 Å². The summed E-state index contributed by atoms with van der Waals surface area (Å²) < 4.78 is 34.1. The van der Waals surface area contributed by atoms with Crippen molar-refractivity contribution in [2.24, 2.45) is 0 Å². The fourth-order valence-electron chi connectivity index (χ4n) is 1.50. The van der Waals surface area contributed by atoms with E-state index in [1.54, 1.807) is 13.8 Å². The smallest absolute Gasteiger partial charge is 0.492 e. The maximum atomic E-state index is 12.6. The van der Waals surface area contributed by atoms with Crippen molar-refractivity contribution in [3.05, 3.63) is 42.2 Å². The van der Waals surface area contributed by atoms with Gasteiger partial charge in [0, 0.05) is 5.56 Å². The predicted molar refractivity (Wildman–Crippen MR) is 87.2 cm³/mol. The van der Waals surface area contributed by atoms with Crippen LogP contribution in [0.4, 0.5) is 0 Å². The molecule has 124 valence electrons. The maximum absolute atomic E-state index is 12.6. The van der Waals surface area contributed by atoms with Gasteiger partial charge in [0.25, 0.3) is 0 Å². The molecule has 1 rings (SSSR count). The van der Waals surface area contributed by atoms with Crippen molar-refractivity contribution < 1.29 is 22.9 Å². The van der Waals surface area contributed by atoms with Crippen LogP contribution in [0.25, 0.3) is 5.76 Å². The summed E-state index contributed by atoms with van der Waals surface area (Å²) in [4.78, 5) is 0. The fraction of sp³-hybridized carbons (Fsp3) is 0.500. The first-order valence-corrected chi connectivity index (χ1v) is 8.78. The lowest BCUT2D eigenvalue weighted by Crippen LogP contribution is -2.16. The molecule has 0 spiro atoms. The Balaban J connectivity index is 3.07. The minimum Gasteiger partial charge on any atom is -0.492 e.